The number of hydrogen-bond acceptors (Lipinski definition) is 5. The molecule has 1 aliphatic heterocycles. The highest BCUT2D eigenvalue weighted by Gasteiger charge is 2.39. The van der Waals surface area contributed by atoms with Gasteiger partial charge in [-0.1, -0.05) is 18.2 Å². The van der Waals surface area contributed by atoms with Gasteiger partial charge in [-0.15, -0.1) is 5.06 Å². The molecule has 0 bridgehead atoms. The summed E-state index contributed by atoms with van der Waals surface area (Å²) in [7, 11) is -2.59. The summed E-state index contributed by atoms with van der Waals surface area (Å²) in [5.41, 5.74) is 0. The van der Waals surface area contributed by atoms with Gasteiger partial charge in [0, 0.05) is 22.0 Å². The van der Waals surface area contributed by atoms with Gasteiger partial charge in [-0.25, -0.2) is 4.52 Å². The highest BCUT2D eigenvalue weighted by Crippen LogP contribution is 2.30. The standard InChI is InChI=1S/C10H9NO5P/c12-9-6-7-10(13)11(9)16-17(14)15-8-4-2-1-3-5-8/h1-5H,6-7H2/q+1. The third kappa shape index (κ3) is 2.87. The molecule has 1 unspecified atom stereocenters. The first-order chi connectivity index (χ1) is 8.16. The van der Waals surface area contributed by atoms with Crippen LogP contribution in [-0.2, 0) is 18.8 Å². The monoisotopic (exact) mass is 254 g/mol. The zero-order valence-electron chi connectivity index (χ0n) is 8.74. The molecule has 1 atom stereocenters. The van der Waals surface area contributed by atoms with E-state index in [4.69, 9.17) is 4.52 Å². The molecule has 1 heterocycles. The molecule has 1 saturated heterocycles. The molecule has 1 fully saturated rings. The number of amides is 2. The van der Waals surface area contributed by atoms with Crippen molar-refractivity contribution in [3.8, 4) is 5.75 Å². The van der Waals surface area contributed by atoms with Crippen LogP contribution in [-0.4, -0.2) is 16.9 Å². The highest BCUT2D eigenvalue weighted by atomic mass is 31.1. The lowest BCUT2D eigenvalue weighted by Crippen LogP contribution is -2.26. The van der Waals surface area contributed by atoms with Crippen molar-refractivity contribution in [1.82, 2.24) is 5.06 Å². The van der Waals surface area contributed by atoms with Crippen LogP contribution < -0.4 is 4.52 Å². The fourth-order valence-electron chi connectivity index (χ4n) is 1.30. The SMILES string of the molecule is O=C1CCC(=O)N1O[P+](=O)Oc1ccccc1. The number of imide groups is 1. The molecule has 0 aliphatic carbocycles. The first-order valence-electron chi connectivity index (χ1n) is 4.91. The van der Waals surface area contributed by atoms with Gasteiger partial charge in [0.1, 0.15) is 0 Å². The third-order valence-corrected chi connectivity index (χ3v) is 2.73. The number of hydrogen-bond donors (Lipinski definition) is 0. The largest absolute Gasteiger partial charge is 0.775 e. The molecule has 1 aromatic rings. The lowest BCUT2D eigenvalue weighted by Gasteiger charge is -2.01. The minimum absolute atomic E-state index is 0.0767. The maximum atomic E-state index is 11.4. The molecule has 6 nitrogen and oxygen atoms in total. The van der Waals surface area contributed by atoms with Gasteiger partial charge in [0.2, 0.25) is 0 Å². The third-order valence-electron chi connectivity index (χ3n) is 2.08. The van der Waals surface area contributed by atoms with Gasteiger partial charge < -0.3 is 0 Å². The van der Waals surface area contributed by atoms with Gasteiger partial charge in [-0.3, -0.25) is 9.59 Å². The first-order valence-corrected chi connectivity index (χ1v) is 6.00. The summed E-state index contributed by atoms with van der Waals surface area (Å²) in [5, 5.41) is 0.502. The van der Waals surface area contributed by atoms with Gasteiger partial charge in [0.05, 0.1) is 0 Å². The van der Waals surface area contributed by atoms with E-state index in [-0.39, 0.29) is 12.8 Å². The summed E-state index contributed by atoms with van der Waals surface area (Å²) in [6.07, 6.45) is 0.153. The number of hydroxylamine groups is 2. The molecule has 17 heavy (non-hydrogen) atoms. The van der Waals surface area contributed by atoms with E-state index < -0.39 is 20.1 Å². The van der Waals surface area contributed by atoms with Gasteiger partial charge in [-0.2, -0.15) is 0 Å². The number of benzene rings is 1. The molecule has 2 amide bonds. The Bertz CT molecular complexity index is 445. The lowest BCUT2D eigenvalue weighted by molar-refractivity contribution is -0.164. The molecule has 88 valence electrons. The summed E-state index contributed by atoms with van der Waals surface area (Å²) >= 11 is 0. The van der Waals surface area contributed by atoms with Crippen LogP contribution in [0.4, 0.5) is 0 Å². The number of carbonyl (C=O) groups excluding carboxylic acids is 2. The molecule has 0 radical (unpaired) electrons. The van der Waals surface area contributed by atoms with Crippen LogP contribution in [0, 0.1) is 0 Å². The van der Waals surface area contributed by atoms with Crippen LogP contribution in [0.1, 0.15) is 12.8 Å². The van der Waals surface area contributed by atoms with Crippen LogP contribution in [0.3, 0.4) is 0 Å². The predicted octanol–water partition coefficient (Wildman–Crippen LogP) is 1.80. The van der Waals surface area contributed by atoms with Crippen molar-refractivity contribution in [2.45, 2.75) is 12.8 Å². The van der Waals surface area contributed by atoms with Crippen molar-refractivity contribution < 1.29 is 23.3 Å². The van der Waals surface area contributed by atoms with E-state index in [9.17, 15) is 14.2 Å². The van der Waals surface area contributed by atoms with Crippen molar-refractivity contribution in [3.63, 3.8) is 0 Å². The lowest BCUT2D eigenvalue weighted by atomic mass is 10.3. The smallest absolute Gasteiger partial charge is 0.272 e. The Morgan fingerprint density at radius 2 is 1.65 bits per heavy atom. The Hall–Kier alpha value is -1.78. The van der Waals surface area contributed by atoms with Crippen molar-refractivity contribution in [2.75, 3.05) is 0 Å². The molecule has 0 spiro atoms. The summed E-state index contributed by atoms with van der Waals surface area (Å²) in [6, 6.07) is 8.35. The molecule has 2 rings (SSSR count). The summed E-state index contributed by atoms with van der Waals surface area (Å²) in [5.74, 6) is -0.669. The van der Waals surface area contributed by atoms with Crippen molar-refractivity contribution in [3.05, 3.63) is 30.3 Å². The maximum absolute atomic E-state index is 11.4. The van der Waals surface area contributed by atoms with Crippen molar-refractivity contribution >= 4 is 20.1 Å². The second-order valence-corrected chi connectivity index (χ2v) is 4.08. The number of para-hydroxylation sites is 1. The number of rotatable bonds is 4. The topological polar surface area (TPSA) is 72.9 Å². The van der Waals surface area contributed by atoms with E-state index in [1.54, 1.807) is 30.3 Å². The van der Waals surface area contributed by atoms with Crippen LogP contribution in [0.5, 0.6) is 5.75 Å². The normalized spacial score (nSPS) is 16.2. The Kier molecular flexibility index (Phi) is 3.46. The molecule has 0 N–H and O–H groups in total. The average molecular weight is 254 g/mol. The molecule has 7 heteroatoms. The molecule has 1 aromatic carbocycles. The number of nitrogens with zero attached hydrogens (tertiary/aromatic N) is 1. The van der Waals surface area contributed by atoms with E-state index in [1.165, 1.54) is 0 Å². The molecule has 0 saturated carbocycles. The van der Waals surface area contributed by atoms with Gasteiger partial charge in [0.15, 0.2) is 5.75 Å². The Labute approximate surface area is 98.0 Å². The summed E-state index contributed by atoms with van der Waals surface area (Å²) in [4.78, 5) is 22.3. The highest BCUT2D eigenvalue weighted by molar-refractivity contribution is 7.33. The quantitative estimate of drug-likeness (QED) is 0.605. The molecular weight excluding hydrogens is 245 g/mol. The van der Waals surface area contributed by atoms with Crippen LogP contribution in [0.25, 0.3) is 0 Å². The first kappa shape index (κ1) is 11.7. The summed E-state index contributed by atoms with van der Waals surface area (Å²) in [6.45, 7) is 0. The number of carbonyl (C=O) groups is 2. The van der Waals surface area contributed by atoms with Gasteiger partial charge in [0.25, 0.3) is 11.8 Å². The van der Waals surface area contributed by atoms with E-state index >= 15 is 0 Å². The van der Waals surface area contributed by atoms with E-state index in [1.807, 2.05) is 0 Å². The van der Waals surface area contributed by atoms with Crippen LogP contribution in [0.2, 0.25) is 0 Å². The van der Waals surface area contributed by atoms with Gasteiger partial charge >= 0.3 is 8.25 Å². The van der Waals surface area contributed by atoms with Gasteiger partial charge in [-0.05, 0) is 12.1 Å². The fourth-order valence-corrected chi connectivity index (χ4v) is 1.94. The molecule has 0 aromatic heterocycles. The maximum Gasteiger partial charge on any atom is 0.775 e. The zero-order chi connectivity index (χ0) is 12.3. The minimum Gasteiger partial charge on any atom is -0.272 e. The van der Waals surface area contributed by atoms with Crippen molar-refractivity contribution in [1.29, 1.82) is 0 Å². The average Bonchev–Trinajstić information content (AvgIpc) is 2.62. The Morgan fingerprint density at radius 3 is 2.24 bits per heavy atom. The molecule has 1 aliphatic rings. The Balaban J connectivity index is 1.94. The predicted molar refractivity (Wildman–Crippen MR) is 56.8 cm³/mol. The van der Waals surface area contributed by atoms with Crippen LogP contribution >= 0.6 is 8.25 Å². The second-order valence-electron chi connectivity index (χ2n) is 3.29. The van der Waals surface area contributed by atoms with E-state index in [0.29, 0.717) is 10.8 Å². The summed E-state index contributed by atoms with van der Waals surface area (Å²) < 4.78 is 21.0. The minimum atomic E-state index is -2.59. The zero-order valence-corrected chi connectivity index (χ0v) is 9.63. The van der Waals surface area contributed by atoms with E-state index in [0.717, 1.165) is 0 Å². The second kappa shape index (κ2) is 5.03. The van der Waals surface area contributed by atoms with Crippen LogP contribution in [0.15, 0.2) is 30.3 Å². The Morgan fingerprint density at radius 1 is 1.06 bits per heavy atom. The fraction of sp³-hybridized carbons (Fsp3) is 0.200. The van der Waals surface area contributed by atoms with E-state index in [2.05, 4.69) is 4.62 Å². The molecular formula is C10H9NO5P+. The van der Waals surface area contributed by atoms with Crippen molar-refractivity contribution in [2.24, 2.45) is 0 Å².